The topological polar surface area (TPSA) is 49.7 Å². The quantitative estimate of drug-likeness (QED) is 0.572. The molecule has 3 unspecified atom stereocenters. The van der Waals surface area contributed by atoms with Gasteiger partial charge < -0.3 is 14.9 Å². The molecule has 0 amide bonds. The van der Waals surface area contributed by atoms with Crippen LogP contribution >= 0.6 is 22.6 Å². The normalized spacial score (nSPS) is 20.1. The van der Waals surface area contributed by atoms with E-state index in [1.165, 1.54) is 0 Å². The summed E-state index contributed by atoms with van der Waals surface area (Å²) >= 11 is 1.87. The Hall–Kier alpha value is 0.610. The highest BCUT2D eigenvalue weighted by Crippen LogP contribution is 2.07. The van der Waals surface area contributed by atoms with Crippen LogP contribution < -0.4 is 0 Å². The SMILES string of the molecule is CC(CO)OC(C)C(O)I. The number of aliphatic hydroxyl groups excluding tert-OH is 2. The van der Waals surface area contributed by atoms with E-state index in [1.807, 2.05) is 22.6 Å². The van der Waals surface area contributed by atoms with Crippen LogP contribution in [0.1, 0.15) is 13.8 Å². The fraction of sp³-hybridized carbons (Fsp3) is 1.00. The van der Waals surface area contributed by atoms with Crippen LogP contribution in [0.3, 0.4) is 0 Å². The molecule has 0 aromatic carbocycles. The van der Waals surface area contributed by atoms with Crippen molar-refractivity contribution in [3.05, 3.63) is 0 Å². The molecule has 0 aliphatic heterocycles. The van der Waals surface area contributed by atoms with E-state index in [-0.39, 0.29) is 18.8 Å². The minimum atomic E-state index is -0.508. The lowest BCUT2D eigenvalue weighted by atomic mass is 10.4. The Balaban J connectivity index is 3.46. The summed E-state index contributed by atoms with van der Waals surface area (Å²) in [5, 5.41) is 17.5. The molecule has 0 bridgehead atoms. The molecule has 10 heavy (non-hydrogen) atoms. The number of halogens is 1. The Morgan fingerprint density at radius 1 is 1.50 bits per heavy atom. The van der Waals surface area contributed by atoms with E-state index in [4.69, 9.17) is 14.9 Å². The molecule has 3 atom stereocenters. The minimum Gasteiger partial charge on any atom is -0.394 e. The van der Waals surface area contributed by atoms with E-state index in [1.54, 1.807) is 13.8 Å². The molecule has 0 heterocycles. The summed E-state index contributed by atoms with van der Waals surface area (Å²) < 4.78 is 4.65. The molecular formula is C6H13IO3. The monoisotopic (exact) mass is 260 g/mol. The molecule has 0 aromatic heterocycles. The van der Waals surface area contributed by atoms with Crippen molar-refractivity contribution < 1.29 is 14.9 Å². The Bertz CT molecular complexity index is 87.1. The van der Waals surface area contributed by atoms with Gasteiger partial charge in [-0.25, -0.2) is 0 Å². The average Bonchev–Trinajstić information content (AvgIpc) is 1.87. The predicted octanol–water partition coefficient (Wildman–Crippen LogP) is 0.526. The second kappa shape index (κ2) is 5.29. The fourth-order valence-electron chi connectivity index (χ4n) is 0.474. The largest absolute Gasteiger partial charge is 0.394 e. The second-order valence-electron chi connectivity index (χ2n) is 2.21. The third kappa shape index (κ3) is 4.43. The first-order valence-corrected chi connectivity index (χ1v) is 4.41. The first-order valence-electron chi connectivity index (χ1n) is 3.16. The van der Waals surface area contributed by atoms with Gasteiger partial charge in [-0.15, -0.1) is 0 Å². The number of alkyl halides is 1. The summed E-state index contributed by atoms with van der Waals surface area (Å²) in [5.74, 6) is 0. The number of ether oxygens (including phenoxy) is 1. The Morgan fingerprint density at radius 3 is 2.30 bits per heavy atom. The van der Waals surface area contributed by atoms with Crippen LogP contribution in [0.25, 0.3) is 0 Å². The van der Waals surface area contributed by atoms with Crippen molar-refractivity contribution in [2.75, 3.05) is 6.61 Å². The van der Waals surface area contributed by atoms with Crippen molar-refractivity contribution >= 4 is 22.6 Å². The van der Waals surface area contributed by atoms with Crippen LogP contribution in [-0.4, -0.2) is 33.1 Å². The summed E-state index contributed by atoms with van der Waals surface area (Å²) in [7, 11) is 0. The standard InChI is InChI=1S/C6H13IO3/c1-4(3-8)10-5(2)6(7)9/h4-6,8-9H,3H2,1-2H3. The number of hydrogen-bond acceptors (Lipinski definition) is 3. The summed E-state index contributed by atoms with van der Waals surface area (Å²) in [6, 6.07) is 0. The molecular weight excluding hydrogens is 247 g/mol. The van der Waals surface area contributed by atoms with Crippen molar-refractivity contribution in [3.63, 3.8) is 0 Å². The molecule has 62 valence electrons. The smallest absolute Gasteiger partial charge is 0.131 e. The molecule has 0 saturated carbocycles. The van der Waals surface area contributed by atoms with Crippen LogP contribution in [0.2, 0.25) is 0 Å². The lowest BCUT2D eigenvalue weighted by Gasteiger charge is -2.18. The Labute approximate surface area is 74.5 Å². The highest BCUT2D eigenvalue weighted by molar-refractivity contribution is 14.1. The van der Waals surface area contributed by atoms with Crippen LogP contribution in [-0.2, 0) is 4.74 Å². The molecule has 4 heteroatoms. The van der Waals surface area contributed by atoms with Gasteiger partial charge in [0, 0.05) is 0 Å². The zero-order valence-electron chi connectivity index (χ0n) is 6.12. The summed E-state index contributed by atoms with van der Waals surface area (Å²) in [6.45, 7) is 3.52. The third-order valence-electron chi connectivity index (χ3n) is 1.09. The van der Waals surface area contributed by atoms with Gasteiger partial charge in [0.1, 0.15) is 4.11 Å². The predicted molar refractivity (Wildman–Crippen MR) is 47.1 cm³/mol. The van der Waals surface area contributed by atoms with Gasteiger partial charge in [-0.3, -0.25) is 0 Å². The third-order valence-corrected chi connectivity index (χ3v) is 2.10. The summed E-state index contributed by atoms with van der Waals surface area (Å²) in [5.41, 5.74) is 0. The van der Waals surface area contributed by atoms with Gasteiger partial charge in [0.25, 0.3) is 0 Å². The first kappa shape index (κ1) is 10.6. The highest BCUT2D eigenvalue weighted by Gasteiger charge is 2.13. The number of aliphatic hydroxyl groups is 2. The van der Waals surface area contributed by atoms with E-state index < -0.39 is 4.11 Å². The van der Waals surface area contributed by atoms with Crippen molar-refractivity contribution in [1.82, 2.24) is 0 Å². The van der Waals surface area contributed by atoms with Gasteiger partial charge in [-0.05, 0) is 36.4 Å². The molecule has 0 spiro atoms. The summed E-state index contributed by atoms with van der Waals surface area (Å²) in [6.07, 6.45) is -0.415. The van der Waals surface area contributed by atoms with Crippen LogP contribution in [0.4, 0.5) is 0 Å². The van der Waals surface area contributed by atoms with Gasteiger partial charge in [0.15, 0.2) is 0 Å². The van der Waals surface area contributed by atoms with Gasteiger partial charge in [0.05, 0.1) is 18.8 Å². The minimum absolute atomic E-state index is 0.00625. The molecule has 0 fully saturated rings. The molecule has 0 aromatic rings. The zero-order valence-corrected chi connectivity index (χ0v) is 8.28. The maximum atomic E-state index is 8.95. The van der Waals surface area contributed by atoms with Gasteiger partial charge >= 0.3 is 0 Å². The lowest BCUT2D eigenvalue weighted by molar-refractivity contribution is -0.0475. The second-order valence-corrected chi connectivity index (χ2v) is 3.48. The van der Waals surface area contributed by atoms with Gasteiger partial charge in [-0.1, -0.05) is 0 Å². The number of rotatable bonds is 4. The van der Waals surface area contributed by atoms with Crippen LogP contribution in [0, 0.1) is 0 Å². The van der Waals surface area contributed by atoms with Crippen molar-refractivity contribution in [1.29, 1.82) is 0 Å². The van der Waals surface area contributed by atoms with Crippen molar-refractivity contribution in [2.24, 2.45) is 0 Å². The van der Waals surface area contributed by atoms with E-state index in [2.05, 4.69) is 0 Å². The van der Waals surface area contributed by atoms with E-state index in [0.29, 0.717) is 0 Å². The lowest BCUT2D eigenvalue weighted by Crippen LogP contribution is -2.26. The van der Waals surface area contributed by atoms with E-state index in [0.717, 1.165) is 0 Å². The van der Waals surface area contributed by atoms with Crippen LogP contribution in [0.15, 0.2) is 0 Å². The van der Waals surface area contributed by atoms with Crippen molar-refractivity contribution in [3.8, 4) is 0 Å². The van der Waals surface area contributed by atoms with E-state index >= 15 is 0 Å². The molecule has 3 nitrogen and oxygen atoms in total. The Morgan fingerprint density at radius 2 is 2.00 bits per heavy atom. The number of hydrogen-bond donors (Lipinski definition) is 2. The fourth-order valence-corrected chi connectivity index (χ4v) is 0.644. The molecule has 0 aliphatic rings. The van der Waals surface area contributed by atoms with E-state index in [9.17, 15) is 0 Å². The molecule has 2 N–H and O–H groups in total. The van der Waals surface area contributed by atoms with Gasteiger partial charge in [-0.2, -0.15) is 0 Å². The molecule has 0 radical (unpaired) electrons. The maximum Gasteiger partial charge on any atom is 0.131 e. The maximum absolute atomic E-state index is 8.95. The Kier molecular flexibility index (Phi) is 5.61. The van der Waals surface area contributed by atoms with Crippen LogP contribution in [0.5, 0.6) is 0 Å². The van der Waals surface area contributed by atoms with Gasteiger partial charge in [0.2, 0.25) is 0 Å². The van der Waals surface area contributed by atoms with Crippen molar-refractivity contribution in [2.45, 2.75) is 30.2 Å². The zero-order chi connectivity index (χ0) is 8.15. The summed E-state index contributed by atoms with van der Waals surface area (Å²) in [4.78, 5) is 0. The highest BCUT2D eigenvalue weighted by atomic mass is 127. The molecule has 0 rings (SSSR count). The first-order chi connectivity index (χ1) is 4.57. The molecule has 0 saturated heterocycles. The average molecular weight is 260 g/mol. The molecule has 0 aliphatic carbocycles.